The highest BCUT2D eigenvalue weighted by atomic mass is 32.2. The first kappa shape index (κ1) is 17.7. The van der Waals surface area contributed by atoms with E-state index < -0.39 is 0 Å². The molecule has 2 heterocycles. The minimum Gasteiger partial charge on any atom is -0.474 e. The molecule has 0 radical (unpaired) electrons. The van der Waals surface area contributed by atoms with Crippen LogP contribution in [0.2, 0.25) is 0 Å². The van der Waals surface area contributed by atoms with Crippen LogP contribution in [0, 0.1) is 0 Å². The van der Waals surface area contributed by atoms with Gasteiger partial charge in [0, 0.05) is 25.9 Å². The second-order valence-electron chi connectivity index (χ2n) is 6.23. The second kappa shape index (κ2) is 8.33. The van der Waals surface area contributed by atoms with Crippen molar-refractivity contribution in [3.05, 3.63) is 30.2 Å². The van der Waals surface area contributed by atoms with Crippen LogP contribution in [-0.2, 0) is 18.4 Å². The van der Waals surface area contributed by atoms with Crippen molar-refractivity contribution in [1.29, 1.82) is 0 Å². The number of thioether (sulfide) groups is 1. The molecule has 2 aromatic rings. The van der Waals surface area contributed by atoms with Gasteiger partial charge in [-0.1, -0.05) is 11.8 Å². The highest BCUT2D eigenvalue weighted by Crippen LogP contribution is 2.23. The smallest absolute Gasteiger partial charge is 0.233 e. The van der Waals surface area contributed by atoms with E-state index in [9.17, 15) is 4.79 Å². The molecule has 1 N–H and O–H groups in total. The van der Waals surface area contributed by atoms with E-state index in [2.05, 4.69) is 20.5 Å². The Morgan fingerprint density at radius 3 is 3.00 bits per heavy atom. The summed E-state index contributed by atoms with van der Waals surface area (Å²) in [4.78, 5) is 16.5. The molecule has 0 aliphatic heterocycles. The van der Waals surface area contributed by atoms with E-state index in [4.69, 9.17) is 4.74 Å². The van der Waals surface area contributed by atoms with Crippen LogP contribution in [0.4, 0.5) is 0 Å². The normalized spacial score (nSPS) is 15.9. The molecule has 1 unspecified atom stereocenters. The lowest BCUT2D eigenvalue weighted by atomic mass is 10.2. The van der Waals surface area contributed by atoms with E-state index in [-0.39, 0.29) is 17.3 Å². The molecule has 7 nitrogen and oxygen atoms in total. The molecule has 1 aliphatic carbocycles. The molecule has 8 heteroatoms. The molecule has 25 heavy (non-hydrogen) atoms. The molecule has 1 amide bonds. The van der Waals surface area contributed by atoms with Crippen molar-refractivity contribution in [2.45, 2.75) is 55.7 Å². The number of hydrogen-bond donors (Lipinski definition) is 1. The Bertz CT molecular complexity index is 715. The minimum atomic E-state index is -0.251. The van der Waals surface area contributed by atoms with Crippen LogP contribution in [-0.4, -0.2) is 37.0 Å². The topological polar surface area (TPSA) is 81.9 Å². The monoisotopic (exact) mass is 361 g/mol. The molecule has 1 aliphatic rings. The van der Waals surface area contributed by atoms with E-state index in [0.717, 1.165) is 23.6 Å². The van der Waals surface area contributed by atoms with E-state index >= 15 is 0 Å². The van der Waals surface area contributed by atoms with Gasteiger partial charge in [0.15, 0.2) is 5.16 Å². The third-order valence-electron chi connectivity index (χ3n) is 4.18. The zero-order valence-electron chi connectivity index (χ0n) is 14.5. The summed E-state index contributed by atoms with van der Waals surface area (Å²) in [6.07, 6.45) is 8.27. The van der Waals surface area contributed by atoms with Gasteiger partial charge in [-0.05, 0) is 44.2 Å². The Morgan fingerprint density at radius 1 is 1.48 bits per heavy atom. The fourth-order valence-corrected chi connectivity index (χ4v) is 3.54. The number of carbonyl (C=O) groups is 1. The predicted octanol–water partition coefficient (Wildman–Crippen LogP) is 2.33. The molecule has 1 saturated carbocycles. The highest BCUT2D eigenvalue weighted by Gasteiger charge is 2.18. The fraction of sp³-hybridized carbons (Fsp3) is 0.529. The van der Waals surface area contributed by atoms with E-state index in [1.54, 1.807) is 17.1 Å². The van der Waals surface area contributed by atoms with Gasteiger partial charge < -0.3 is 14.6 Å². The second-order valence-corrected chi connectivity index (χ2v) is 7.54. The number of rotatable bonds is 7. The number of aromatic nitrogens is 4. The van der Waals surface area contributed by atoms with Gasteiger partial charge in [0.2, 0.25) is 11.8 Å². The lowest BCUT2D eigenvalue weighted by Gasteiger charge is -2.14. The third-order valence-corrected chi connectivity index (χ3v) is 5.32. The van der Waals surface area contributed by atoms with Gasteiger partial charge in [0.1, 0.15) is 12.4 Å². The zero-order chi connectivity index (χ0) is 17.6. The first-order chi connectivity index (χ1) is 12.1. The molecule has 134 valence electrons. The predicted molar refractivity (Wildman–Crippen MR) is 95.3 cm³/mol. The van der Waals surface area contributed by atoms with Gasteiger partial charge in [-0.25, -0.2) is 4.98 Å². The largest absolute Gasteiger partial charge is 0.474 e. The third kappa shape index (κ3) is 4.94. The first-order valence-electron chi connectivity index (χ1n) is 8.52. The van der Waals surface area contributed by atoms with Gasteiger partial charge in [0.05, 0.1) is 5.25 Å². The molecule has 0 saturated heterocycles. The van der Waals surface area contributed by atoms with Crippen LogP contribution in [0.5, 0.6) is 5.88 Å². The van der Waals surface area contributed by atoms with Gasteiger partial charge in [-0.2, -0.15) is 0 Å². The standard InChI is InChI=1S/C17H23N5O2S/c1-12(25-17-21-20-11-22(17)2)16(23)19-10-13-7-8-18-15(9-13)24-14-5-3-4-6-14/h7-9,11-12,14H,3-6,10H2,1-2H3,(H,19,23). The summed E-state index contributed by atoms with van der Waals surface area (Å²) in [5.74, 6) is 0.600. The summed E-state index contributed by atoms with van der Waals surface area (Å²) < 4.78 is 7.70. The van der Waals surface area contributed by atoms with Gasteiger partial charge in [0.25, 0.3) is 0 Å². The van der Waals surface area contributed by atoms with Crippen molar-refractivity contribution in [1.82, 2.24) is 25.1 Å². The highest BCUT2D eigenvalue weighted by molar-refractivity contribution is 8.00. The summed E-state index contributed by atoms with van der Waals surface area (Å²) >= 11 is 1.38. The molecule has 0 aromatic carbocycles. The van der Waals surface area contributed by atoms with E-state index in [1.807, 2.05) is 26.1 Å². The van der Waals surface area contributed by atoms with Gasteiger partial charge in [-0.3, -0.25) is 4.79 Å². The number of pyridine rings is 1. The number of nitrogens with one attached hydrogen (secondary N) is 1. The average molecular weight is 361 g/mol. The maximum atomic E-state index is 12.3. The Kier molecular flexibility index (Phi) is 5.91. The maximum absolute atomic E-state index is 12.3. The van der Waals surface area contributed by atoms with Crippen LogP contribution in [0.15, 0.2) is 29.8 Å². The van der Waals surface area contributed by atoms with Crippen LogP contribution in [0.25, 0.3) is 0 Å². The number of ether oxygens (including phenoxy) is 1. The van der Waals surface area contributed by atoms with Crippen molar-refractivity contribution >= 4 is 17.7 Å². The van der Waals surface area contributed by atoms with E-state index in [1.165, 1.54) is 24.6 Å². The fourth-order valence-electron chi connectivity index (χ4n) is 2.73. The molecule has 1 atom stereocenters. The molecular formula is C17H23N5O2S. The lowest BCUT2D eigenvalue weighted by molar-refractivity contribution is -0.120. The summed E-state index contributed by atoms with van der Waals surface area (Å²) in [5, 5.41) is 11.2. The quantitative estimate of drug-likeness (QED) is 0.762. The summed E-state index contributed by atoms with van der Waals surface area (Å²) in [6.45, 7) is 2.31. The Morgan fingerprint density at radius 2 is 2.28 bits per heavy atom. The van der Waals surface area contributed by atoms with Crippen LogP contribution in [0.3, 0.4) is 0 Å². The molecule has 1 fully saturated rings. The molecule has 0 bridgehead atoms. The van der Waals surface area contributed by atoms with Crippen molar-refractivity contribution < 1.29 is 9.53 Å². The Balaban J connectivity index is 1.50. The lowest BCUT2D eigenvalue weighted by Crippen LogP contribution is -2.30. The molecular weight excluding hydrogens is 338 g/mol. The summed E-state index contributed by atoms with van der Waals surface area (Å²) in [6, 6.07) is 3.79. The van der Waals surface area contributed by atoms with Crippen molar-refractivity contribution in [2.75, 3.05) is 0 Å². The molecule has 2 aromatic heterocycles. The number of carbonyl (C=O) groups excluding carboxylic acids is 1. The number of nitrogens with zero attached hydrogens (tertiary/aromatic N) is 4. The van der Waals surface area contributed by atoms with Gasteiger partial charge in [-0.15, -0.1) is 10.2 Å². The average Bonchev–Trinajstić information content (AvgIpc) is 3.25. The van der Waals surface area contributed by atoms with Gasteiger partial charge >= 0.3 is 0 Å². The minimum absolute atomic E-state index is 0.0388. The molecule has 0 spiro atoms. The Labute approximate surface area is 151 Å². The number of aryl methyl sites for hydroxylation is 1. The first-order valence-corrected chi connectivity index (χ1v) is 9.40. The zero-order valence-corrected chi connectivity index (χ0v) is 15.3. The van der Waals surface area contributed by atoms with Crippen LogP contribution < -0.4 is 10.1 Å². The SMILES string of the molecule is CC(Sc1nncn1C)C(=O)NCc1ccnc(OC2CCCC2)c1. The van der Waals surface area contributed by atoms with Crippen LogP contribution >= 0.6 is 11.8 Å². The Hall–Kier alpha value is -2.09. The summed E-state index contributed by atoms with van der Waals surface area (Å²) in [7, 11) is 1.86. The van der Waals surface area contributed by atoms with E-state index in [0.29, 0.717) is 12.4 Å². The number of hydrogen-bond acceptors (Lipinski definition) is 6. The van der Waals surface area contributed by atoms with Crippen molar-refractivity contribution in [2.24, 2.45) is 7.05 Å². The van der Waals surface area contributed by atoms with Crippen molar-refractivity contribution in [3.63, 3.8) is 0 Å². The number of amides is 1. The van der Waals surface area contributed by atoms with Crippen molar-refractivity contribution in [3.8, 4) is 5.88 Å². The maximum Gasteiger partial charge on any atom is 0.233 e. The van der Waals surface area contributed by atoms with Crippen LogP contribution in [0.1, 0.15) is 38.2 Å². The summed E-state index contributed by atoms with van der Waals surface area (Å²) in [5.41, 5.74) is 0.979. The molecule has 3 rings (SSSR count).